The lowest BCUT2D eigenvalue weighted by Crippen LogP contribution is -2.31. The second kappa shape index (κ2) is 6.69. The number of aromatic nitrogens is 2. The van der Waals surface area contributed by atoms with Gasteiger partial charge in [-0.2, -0.15) is 5.10 Å². The van der Waals surface area contributed by atoms with Crippen LogP contribution in [0.25, 0.3) is 0 Å². The molecule has 0 aliphatic rings. The van der Waals surface area contributed by atoms with E-state index >= 15 is 0 Å². The highest BCUT2D eigenvalue weighted by Gasteiger charge is 2.29. The van der Waals surface area contributed by atoms with E-state index < -0.39 is 10.0 Å². The zero-order valence-electron chi connectivity index (χ0n) is 12.9. The first-order valence-electron chi connectivity index (χ1n) is 6.86. The van der Waals surface area contributed by atoms with Gasteiger partial charge in [-0.25, -0.2) is 12.7 Å². The lowest BCUT2D eigenvalue weighted by Gasteiger charge is -2.20. The number of rotatable bonds is 7. The molecular weight excluding hydrogens is 278 g/mol. The van der Waals surface area contributed by atoms with Gasteiger partial charge < -0.3 is 5.11 Å². The summed E-state index contributed by atoms with van der Waals surface area (Å²) < 4.78 is 28.2. The van der Waals surface area contributed by atoms with Crippen molar-refractivity contribution in [2.45, 2.75) is 45.6 Å². The van der Waals surface area contributed by atoms with E-state index in [1.165, 1.54) is 4.31 Å². The molecule has 0 radical (unpaired) electrons. The van der Waals surface area contributed by atoms with Crippen molar-refractivity contribution in [1.82, 2.24) is 14.1 Å². The summed E-state index contributed by atoms with van der Waals surface area (Å²) in [6.45, 7) is 8.20. The lowest BCUT2D eigenvalue weighted by molar-refractivity contribution is 0.267. The molecule has 1 rings (SSSR count). The van der Waals surface area contributed by atoms with Crippen LogP contribution in [0.2, 0.25) is 0 Å². The first-order valence-corrected chi connectivity index (χ1v) is 8.30. The fourth-order valence-corrected chi connectivity index (χ4v) is 3.84. The van der Waals surface area contributed by atoms with E-state index in [0.717, 1.165) is 6.42 Å². The molecule has 0 aromatic carbocycles. The minimum Gasteiger partial charge on any atom is -0.394 e. The van der Waals surface area contributed by atoms with E-state index in [1.54, 1.807) is 25.6 Å². The molecule has 1 atom stereocenters. The number of nitrogens with zero attached hydrogens (tertiary/aromatic N) is 3. The molecule has 6 nitrogen and oxygen atoms in total. The fraction of sp³-hybridized carbons (Fsp3) is 0.769. The third-order valence-electron chi connectivity index (χ3n) is 3.56. The number of aliphatic hydroxyl groups is 1. The molecule has 0 aliphatic carbocycles. The Morgan fingerprint density at radius 1 is 1.40 bits per heavy atom. The molecule has 0 fully saturated rings. The molecule has 1 heterocycles. The van der Waals surface area contributed by atoms with Gasteiger partial charge in [-0.05, 0) is 19.8 Å². The van der Waals surface area contributed by atoms with Crippen LogP contribution >= 0.6 is 0 Å². The molecule has 7 heteroatoms. The van der Waals surface area contributed by atoms with Crippen molar-refractivity contribution >= 4 is 10.0 Å². The van der Waals surface area contributed by atoms with Gasteiger partial charge in [-0.1, -0.05) is 20.3 Å². The largest absolute Gasteiger partial charge is 0.394 e. The summed E-state index contributed by atoms with van der Waals surface area (Å²) in [6, 6.07) is 0. The Morgan fingerprint density at radius 3 is 2.50 bits per heavy atom. The first-order chi connectivity index (χ1) is 9.25. The van der Waals surface area contributed by atoms with Crippen LogP contribution in [0.15, 0.2) is 4.90 Å². The summed E-state index contributed by atoms with van der Waals surface area (Å²) in [6.07, 6.45) is 0.932. The monoisotopic (exact) mass is 303 g/mol. The molecule has 1 unspecified atom stereocenters. The van der Waals surface area contributed by atoms with Crippen molar-refractivity contribution in [3.8, 4) is 0 Å². The average Bonchev–Trinajstić information content (AvgIpc) is 2.65. The Kier molecular flexibility index (Phi) is 5.73. The molecule has 1 N–H and O–H groups in total. The van der Waals surface area contributed by atoms with Gasteiger partial charge in [0, 0.05) is 13.6 Å². The molecular formula is C13H25N3O3S. The van der Waals surface area contributed by atoms with E-state index in [4.69, 9.17) is 5.11 Å². The van der Waals surface area contributed by atoms with Crippen molar-refractivity contribution in [3.63, 3.8) is 0 Å². The standard InChI is InChI=1S/C13H25N3O3S/c1-6-10(2)9-15(5)20(18,19)13-11(3)14-16(7-8-17)12(13)4/h10,17H,6-9H2,1-5H3. The molecule has 0 bridgehead atoms. The maximum Gasteiger partial charge on any atom is 0.246 e. The lowest BCUT2D eigenvalue weighted by atomic mass is 10.1. The Labute approximate surface area is 121 Å². The van der Waals surface area contributed by atoms with Crippen LogP contribution in [-0.2, 0) is 16.6 Å². The van der Waals surface area contributed by atoms with Crippen molar-refractivity contribution < 1.29 is 13.5 Å². The zero-order chi connectivity index (χ0) is 15.5. The number of hydrogen-bond donors (Lipinski definition) is 1. The SMILES string of the molecule is CCC(C)CN(C)S(=O)(=O)c1c(C)nn(CCO)c1C. The minimum absolute atomic E-state index is 0.0653. The maximum atomic E-state index is 12.7. The predicted octanol–water partition coefficient (Wildman–Crippen LogP) is 1.16. The second-order valence-electron chi connectivity index (χ2n) is 5.25. The van der Waals surface area contributed by atoms with Gasteiger partial charge in [-0.3, -0.25) is 4.68 Å². The molecule has 1 aromatic rings. The van der Waals surface area contributed by atoms with Crippen molar-refractivity contribution in [3.05, 3.63) is 11.4 Å². The van der Waals surface area contributed by atoms with Crippen LogP contribution in [0.5, 0.6) is 0 Å². The van der Waals surface area contributed by atoms with Gasteiger partial charge in [0.2, 0.25) is 10.0 Å². The van der Waals surface area contributed by atoms with E-state index in [2.05, 4.69) is 5.10 Å². The molecule has 0 amide bonds. The molecule has 0 saturated heterocycles. The summed E-state index contributed by atoms with van der Waals surface area (Å²) in [4.78, 5) is 0.261. The summed E-state index contributed by atoms with van der Waals surface area (Å²) in [5.74, 6) is 0.308. The highest BCUT2D eigenvalue weighted by Crippen LogP contribution is 2.23. The van der Waals surface area contributed by atoms with Crippen LogP contribution in [0.1, 0.15) is 31.7 Å². The number of sulfonamides is 1. The van der Waals surface area contributed by atoms with Crippen molar-refractivity contribution in [2.75, 3.05) is 20.2 Å². The third-order valence-corrected chi connectivity index (χ3v) is 5.64. The predicted molar refractivity (Wildman–Crippen MR) is 78.1 cm³/mol. The van der Waals surface area contributed by atoms with E-state index in [-0.39, 0.29) is 11.5 Å². The normalized spacial score (nSPS) is 13.9. The summed E-state index contributed by atoms with van der Waals surface area (Å²) in [5, 5.41) is 13.2. The van der Waals surface area contributed by atoms with Crippen LogP contribution in [0.4, 0.5) is 0 Å². The quantitative estimate of drug-likeness (QED) is 0.820. The van der Waals surface area contributed by atoms with Crippen LogP contribution < -0.4 is 0 Å². The molecule has 0 aliphatic heterocycles. The van der Waals surface area contributed by atoms with E-state index in [0.29, 0.717) is 30.4 Å². The van der Waals surface area contributed by atoms with Crippen LogP contribution in [0.3, 0.4) is 0 Å². The first kappa shape index (κ1) is 17.1. The molecule has 0 spiro atoms. The van der Waals surface area contributed by atoms with Crippen molar-refractivity contribution in [2.24, 2.45) is 5.92 Å². The van der Waals surface area contributed by atoms with Crippen LogP contribution in [-0.4, -0.2) is 47.8 Å². The molecule has 0 saturated carbocycles. The second-order valence-corrected chi connectivity index (χ2v) is 7.23. The highest BCUT2D eigenvalue weighted by molar-refractivity contribution is 7.89. The highest BCUT2D eigenvalue weighted by atomic mass is 32.2. The Hall–Kier alpha value is -0.920. The van der Waals surface area contributed by atoms with Gasteiger partial charge >= 0.3 is 0 Å². The molecule has 116 valence electrons. The van der Waals surface area contributed by atoms with Crippen molar-refractivity contribution in [1.29, 1.82) is 0 Å². The third kappa shape index (κ3) is 3.39. The Bertz CT molecular complexity index is 551. The Morgan fingerprint density at radius 2 is 2.00 bits per heavy atom. The van der Waals surface area contributed by atoms with Gasteiger partial charge in [0.15, 0.2) is 0 Å². The fourth-order valence-electron chi connectivity index (χ4n) is 2.19. The van der Waals surface area contributed by atoms with Gasteiger partial charge in [0.1, 0.15) is 4.90 Å². The van der Waals surface area contributed by atoms with Gasteiger partial charge in [-0.15, -0.1) is 0 Å². The maximum absolute atomic E-state index is 12.7. The summed E-state index contributed by atoms with van der Waals surface area (Å²) >= 11 is 0. The summed E-state index contributed by atoms with van der Waals surface area (Å²) in [7, 11) is -1.93. The smallest absolute Gasteiger partial charge is 0.246 e. The molecule has 1 aromatic heterocycles. The topological polar surface area (TPSA) is 75.4 Å². The Balaban J connectivity index is 3.15. The number of hydrogen-bond acceptors (Lipinski definition) is 4. The number of aryl methyl sites for hydroxylation is 1. The zero-order valence-corrected chi connectivity index (χ0v) is 13.7. The van der Waals surface area contributed by atoms with E-state index in [1.807, 2.05) is 13.8 Å². The number of aliphatic hydroxyl groups excluding tert-OH is 1. The summed E-state index contributed by atoms with van der Waals surface area (Å²) in [5.41, 5.74) is 1.06. The van der Waals surface area contributed by atoms with Gasteiger partial charge in [0.05, 0.1) is 24.5 Å². The van der Waals surface area contributed by atoms with Crippen LogP contribution in [0, 0.1) is 19.8 Å². The minimum atomic E-state index is -3.53. The molecule has 20 heavy (non-hydrogen) atoms. The van der Waals surface area contributed by atoms with E-state index in [9.17, 15) is 8.42 Å². The van der Waals surface area contributed by atoms with Gasteiger partial charge in [0.25, 0.3) is 0 Å². The average molecular weight is 303 g/mol.